The summed E-state index contributed by atoms with van der Waals surface area (Å²) in [6, 6.07) is 5.17. The van der Waals surface area contributed by atoms with Crippen molar-refractivity contribution >= 4 is 0 Å². The molecule has 1 heterocycles. The number of likely N-dealkylation sites (tertiary alicyclic amines) is 1. The number of likely N-dealkylation sites (N-methyl/N-ethyl adjacent to an activating group) is 1. The standard InChI is InChI=1S/C20H30NO2.HI/c1-21(2)12-11-20-10-6-5-7-15(20)16(21)13-14-8-9-17(22-3)19(23-4)18(14)20;/h8-9,15-16H,5-7,10-13H2,1-4H3;1H/q+1;/p-1/t15-,16?,20?;/m0./s1. The second kappa shape index (κ2) is 6.35. The van der Waals surface area contributed by atoms with Gasteiger partial charge >= 0.3 is 0 Å². The van der Waals surface area contributed by atoms with Gasteiger partial charge < -0.3 is 37.9 Å². The zero-order valence-electron chi connectivity index (χ0n) is 15.4. The molecule has 2 unspecified atom stereocenters. The molecule has 3 aliphatic rings. The highest BCUT2D eigenvalue weighted by molar-refractivity contribution is 5.57. The minimum absolute atomic E-state index is 0. The predicted octanol–water partition coefficient (Wildman–Crippen LogP) is 0.541. The molecule has 1 aromatic carbocycles. The molecule has 24 heavy (non-hydrogen) atoms. The minimum atomic E-state index is 0. The molecule has 0 spiro atoms. The summed E-state index contributed by atoms with van der Waals surface area (Å²) in [5.41, 5.74) is 3.33. The van der Waals surface area contributed by atoms with E-state index in [9.17, 15) is 0 Å². The zero-order valence-corrected chi connectivity index (χ0v) is 17.6. The van der Waals surface area contributed by atoms with Gasteiger partial charge in [0.15, 0.2) is 11.5 Å². The number of rotatable bonds is 2. The number of piperidine rings is 1. The summed E-state index contributed by atoms with van der Waals surface area (Å²) in [5, 5.41) is 0. The number of methoxy groups -OCH3 is 2. The van der Waals surface area contributed by atoms with Gasteiger partial charge in [-0.05, 0) is 24.5 Å². The number of hydrogen-bond donors (Lipinski definition) is 0. The van der Waals surface area contributed by atoms with Gasteiger partial charge in [0.1, 0.15) is 0 Å². The molecule has 4 heteroatoms. The fraction of sp³-hybridized carbons (Fsp3) is 0.700. The summed E-state index contributed by atoms with van der Waals surface area (Å²) in [7, 11) is 8.44. The van der Waals surface area contributed by atoms with E-state index in [4.69, 9.17) is 9.47 Å². The van der Waals surface area contributed by atoms with Crippen molar-refractivity contribution in [2.24, 2.45) is 5.92 Å². The van der Waals surface area contributed by atoms with Crippen molar-refractivity contribution in [2.75, 3.05) is 34.9 Å². The van der Waals surface area contributed by atoms with Crippen LogP contribution >= 0.6 is 0 Å². The van der Waals surface area contributed by atoms with Crippen LogP contribution in [0.4, 0.5) is 0 Å². The van der Waals surface area contributed by atoms with E-state index in [0.717, 1.165) is 23.5 Å². The molecule has 0 aromatic heterocycles. The van der Waals surface area contributed by atoms with Crippen molar-refractivity contribution in [1.82, 2.24) is 0 Å². The number of halogens is 1. The highest BCUT2D eigenvalue weighted by Gasteiger charge is 2.59. The average molecular weight is 443 g/mol. The van der Waals surface area contributed by atoms with E-state index in [1.54, 1.807) is 7.11 Å². The summed E-state index contributed by atoms with van der Waals surface area (Å²) in [6.45, 7) is 1.28. The van der Waals surface area contributed by atoms with Crippen molar-refractivity contribution in [1.29, 1.82) is 0 Å². The number of ether oxygens (including phenoxy) is 2. The number of fused-ring (bicyclic) bond motifs is 1. The van der Waals surface area contributed by atoms with Gasteiger partial charge in [0.05, 0.1) is 40.9 Å². The van der Waals surface area contributed by atoms with E-state index in [-0.39, 0.29) is 24.0 Å². The number of hydrogen-bond acceptors (Lipinski definition) is 2. The SMILES string of the molecule is COc1ccc2c(c1OC)C13CCCC[C@H]1C(C2)[N+](C)(C)CC3.[I-]. The van der Waals surface area contributed by atoms with Crippen molar-refractivity contribution < 1.29 is 37.9 Å². The van der Waals surface area contributed by atoms with Crippen molar-refractivity contribution in [2.45, 2.75) is 50.0 Å². The van der Waals surface area contributed by atoms with Gasteiger partial charge in [0.25, 0.3) is 0 Å². The molecule has 1 saturated carbocycles. The van der Waals surface area contributed by atoms with E-state index in [0.29, 0.717) is 5.41 Å². The molecule has 0 N–H and O–H groups in total. The lowest BCUT2D eigenvalue weighted by Gasteiger charge is -2.60. The molecular formula is C20H30INO2. The third-order valence-electron chi connectivity index (χ3n) is 7.15. The Morgan fingerprint density at radius 2 is 1.88 bits per heavy atom. The molecule has 2 bridgehead atoms. The monoisotopic (exact) mass is 443 g/mol. The normalized spacial score (nSPS) is 32.8. The van der Waals surface area contributed by atoms with Gasteiger partial charge in [-0.25, -0.2) is 0 Å². The van der Waals surface area contributed by atoms with Crippen LogP contribution in [0.5, 0.6) is 11.5 Å². The summed E-state index contributed by atoms with van der Waals surface area (Å²) in [5.74, 6) is 2.72. The third-order valence-corrected chi connectivity index (χ3v) is 7.15. The van der Waals surface area contributed by atoms with Gasteiger partial charge in [-0.1, -0.05) is 18.9 Å². The molecular weight excluding hydrogens is 413 g/mol. The van der Waals surface area contributed by atoms with Crippen LogP contribution in [0, 0.1) is 5.92 Å². The number of nitrogens with zero attached hydrogens (tertiary/aromatic N) is 1. The molecule has 2 aliphatic carbocycles. The van der Waals surface area contributed by atoms with Gasteiger partial charge in [0.2, 0.25) is 0 Å². The van der Waals surface area contributed by atoms with Crippen LogP contribution in [-0.2, 0) is 11.8 Å². The molecule has 1 aliphatic heterocycles. The van der Waals surface area contributed by atoms with Crippen LogP contribution in [0.15, 0.2) is 12.1 Å². The van der Waals surface area contributed by atoms with Crippen LogP contribution in [0.1, 0.15) is 43.2 Å². The fourth-order valence-electron chi connectivity index (χ4n) is 6.01. The van der Waals surface area contributed by atoms with Gasteiger partial charge in [-0.3, -0.25) is 0 Å². The fourth-order valence-corrected chi connectivity index (χ4v) is 6.01. The molecule has 134 valence electrons. The molecule has 1 saturated heterocycles. The second-order valence-electron chi connectivity index (χ2n) is 8.37. The first-order valence-corrected chi connectivity index (χ1v) is 9.10. The minimum Gasteiger partial charge on any atom is -1.00 e. The average Bonchev–Trinajstić information content (AvgIpc) is 2.57. The third kappa shape index (κ3) is 2.39. The van der Waals surface area contributed by atoms with Crippen LogP contribution in [0.2, 0.25) is 0 Å². The first kappa shape index (κ1) is 18.3. The lowest BCUT2D eigenvalue weighted by molar-refractivity contribution is -0.927. The summed E-state index contributed by atoms with van der Waals surface area (Å²) in [4.78, 5) is 0. The quantitative estimate of drug-likeness (QED) is 0.491. The van der Waals surface area contributed by atoms with Crippen LogP contribution < -0.4 is 33.5 Å². The van der Waals surface area contributed by atoms with E-state index in [2.05, 4.69) is 26.2 Å². The lowest BCUT2D eigenvalue weighted by atomic mass is 9.51. The predicted molar refractivity (Wildman–Crippen MR) is 92.3 cm³/mol. The van der Waals surface area contributed by atoms with Crippen LogP contribution in [0.25, 0.3) is 0 Å². The molecule has 3 atom stereocenters. The molecule has 3 nitrogen and oxygen atoms in total. The summed E-state index contributed by atoms with van der Waals surface area (Å²) < 4.78 is 12.7. The largest absolute Gasteiger partial charge is 1.00 e. The van der Waals surface area contributed by atoms with E-state index in [1.165, 1.54) is 60.7 Å². The first-order valence-electron chi connectivity index (χ1n) is 9.10. The van der Waals surface area contributed by atoms with E-state index < -0.39 is 0 Å². The van der Waals surface area contributed by atoms with E-state index >= 15 is 0 Å². The van der Waals surface area contributed by atoms with Crippen molar-refractivity contribution in [3.8, 4) is 11.5 Å². The van der Waals surface area contributed by atoms with Crippen molar-refractivity contribution in [3.63, 3.8) is 0 Å². The number of benzene rings is 1. The Kier molecular flexibility index (Phi) is 4.84. The summed E-state index contributed by atoms with van der Waals surface area (Å²) >= 11 is 0. The Bertz CT molecular complexity index is 630. The smallest absolute Gasteiger partial charge is 0.164 e. The van der Waals surface area contributed by atoms with Gasteiger partial charge in [-0.15, -0.1) is 0 Å². The number of quaternary nitrogens is 1. The van der Waals surface area contributed by atoms with Gasteiger partial charge in [-0.2, -0.15) is 0 Å². The van der Waals surface area contributed by atoms with Gasteiger partial charge in [0, 0.05) is 29.7 Å². The molecule has 0 amide bonds. The Morgan fingerprint density at radius 3 is 2.58 bits per heavy atom. The maximum absolute atomic E-state index is 5.89. The molecule has 1 aromatic rings. The molecule has 0 radical (unpaired) electrons. The topological polar surface area (TPSA) is 18.5 Å². The Labute approximate surface area is 163 Å². The van der Waals surface area contributed by atoms with Crippen molar-refractivity contribution in [3.05, 3.63) is 23.3 Å². The molecule has 2 fully saturated rings. The first-order chi connectivity index (χ1) is 11.0. The second-order valence-corrected chi connectivity index (χ2v) is 8.37. The van der Waals surface area contributed by atoms with Crippen LogP contribution in [0.3, 0.4) is 0 Å². The Hall–Kier alpha value is -0.490. The van der Waals surface area contributed by atoms with Crippen LogP contribution in [-0.4, -0.2) is 45.4 Å². The highest BCUT2D eigenvalue weighted by Crippen LogP contribution is 2.60. The zero-order chi connectivity index (χ0) is 16.2. The van der Waals surface area contributed by atoms with E-state index in [1.807, 2.05) is 7.11 Å². The lowest BCUT2D eigenvalue weighted by Crippen LogP contribution is -3.00. The Balaban J connectivity index is 0.00000169. The maximum Gasteiger partial charge on any atom is 0.164 e. The summed E-state index contributed by atoms with van der Waals surface area (Å²) in [6.07, 6.45) is 7.94. The Morgan fingerprint density at radius 1 is 1.08 bits per heavy atom. The maximum atomic E-state index is 5.89. The highest BCUT2D eigenvalue weighted by atomic mass is 127. The molecule has 4 rings (SSSR count).